The molecule has 0 spiro atoms. The number of benzene rings is 1. The molecule has 5 heteroatoms. The van der Waals surface area contributed by atoms with Crippen LogP contribution in [0.25, 0.3) is 0 Å². The van der Waals surface area contributed by atoms with Gasteiger partial charge in [0.25, 0.3) is 11.8 Å². The molecule has 2 amide bonds. The van der Waals surface area contributed by atoms with Crippen LogP contribution in [0.1, 0.15) is 64.6 Å². The van der Waals surface area contributed by atoms with Gasteiger partial charge in [-0.15, -0.1) is 0 Å². The van der Waals surface area contributed by atoms with E-state index in [9.17, 15) is 9.59 Å². The Morgan fingerprint density at radius 3 is 2.63 bits per heavy atom. The summed E-state index contributed by atoms with van der Waals surface area (Å²) >= 11 is 0. The molecule has 27 heavy (non-hydrogen) atoms. The average Bonchev–Trinajstić information content (AvgIpc) is 2.70. The second-order valence-electron chi connectivity index (χ2n) is 7.21. The molecule has 0 bridgehead atoms. The van der Waals surface area contributed by atoms with Crippen molar-refractivity contribution in [2.45, 2.75) is 52.5 Å². The first-order valence-electron chi connectivity index (χ1n) is 9.66. The van der Waals surface area contributed by atoms with E-state index >= 15 is 0 Å². The maximum absolute atomic E-state index is 12.9. The number of aromatic nitrogens is 1. The first kappa shape index (κ1) is 19.1. The maximum Gasteiger partial charge on any atom is 0.272 e. The lowest BCUT2D eigenvalue weighted by Crippen LogP contribution is -2.43. The number of piperidine rings is 1. The molecule has 0 aliphatic carbocycles. The van der Waals surface area contributed by atoms with Crippen LogP contribution in [-0.4, -0.2) is 34.3 Å². The van der Waals surface area contributed by atoms with Crippen molar-refractivity contribution in [3.8, 4) is 0 Å². The number of para-hydroxylation sites is 1. The number of carbonyl (C=O) groups excluding carboxylic acids is 2. The number of pyridine rings is 1. The number of carbonyl (C=O) groups is 2. The number of hydrogen-bond donors (Lipinski definition) is 1. The van der Waals surface area contributed by atoms with E-state index in [1.54, 1.807) is 12.1 Å². The fourth-order valence-corrected chi connectivity index (χ4v) is 3.73. The van der Waals surface area contributed by atoms with Crippen molar-refractivity contribution < 1.29 is 9.59 Å². The average molecular weight is 365 g/mol. The van der Waals surface area contributed by atoms with E-state index in [0.717, 1.165) is 49.0 Å². The van der Waals surface area contributed by atoms with Crippen LogP contribution in [-0.2, 0) is 0 Å². The fourth-order valence-electron chi connectivity index (χ4n) is 3.73. The Morgan fingerprint density at radius 1 is 1.19 bits per heavy atom. The first-order chi connectivity index (χ1) is 13.0. The minimum absolute atomic E-state index is 0.0803. The van der Waals surface area contributed by atoms with Crippen LogP contribution in [0, 0.1) is 13.8 Å². The summed E-state index contributed by atoms with van der Waals surface area (Å²) in [6.07, 6.45) is 5.70. The quantitative estimate of drug-likeness (QED) is 0.876. The highest BCUT2D eigenvalue weighted by Crippen LogP contribution is 2.23. The SMILES string of the molecule is CCC1CCCCN1C(=O)c1cc(C(=O)Nc2c(C)cccc2C)ccn1. The van der Waals surface area contributed by atoms with E-state index < -0.39 is 0 Å². The van der Waals surface area contributed by atoms with E-state index in [-0.39, 0.29) is 17.9 Å². The zero-order valence-electron chi connectivity index (χ0n) is 16.3. The number of anilines is 1. The zero-order valence-corrected chi connectivity index (χ0v) is 16.3. The van der Waals surface area contributed by atoms with Crippen LogP contribution in [0.5, 0.6) is 0 Å². The Bertz CT molecular complexity index is 827. The van der Waals surface area contributed by atoms with Gasteiger partial charge in [-0.25, -0.2) is 0 Å². The molecule has 1 aromatic heterocycles. The summed E-state index contributed by atoms with van der Waals surface area (Å²) in [5.41, 5.74) is 3.61. The highest BCUT2D eigenvalue weighted by molar-refractivity contribution is 6.06. The Hall–Kier alpha value is -2.69. The maximum atomic E-state index is 12.9. The third kappa shape index (κ3) is 4.18. The lowest BCUT2D eigenvalue weighted by molar-refractivity contribution is 0.0602. The summed E-state index contributed by atoms with van der Waals surface area (Å²) in [5.74, 6) is -0.308. The normalized spacial score (nSPS) is 16.9. The predicted octanol–water partition coefficient (Wildman–Crippen LogP) is 4.36. The predicted molar refractivity (Wildman–Crippen MR) is 107 cm³/mol. The van der Waals surface area contributed by atoms with Gasteiger partial charge in [0.1, 0.15) is 5.69 Å². The summed E-state index contributed by atoms with van der Waals surface area (Å²) < 4.78 is 0. The number of amides is 2. The molecule has 1 saturated heterocycles. The Kier molecular flexibility index (Phi) is 5.89. The highest BCUT2D eigenvalue weighted by atomic mass is 16.2. The molecule has 1 atom stereocenters. The molecule has 1 fully saturated rings. The van der Waals surface area contributed by atoms with Gasteiger partial charge < -0.3 is 10.2 Å². The Morgan fingerprint density at radius 2 is 1.93 bits per heavy atom. The van der Waals surface area contributed by atoms with Gasteiger partial charge in [-0.1, -0.05) is 25.1 Å². The number of rotatable bonds is 4. The smallest absolute Gasteiger partial charge is 0.272 e. The number of hydrogen-bond acceptors (Lipinski definition) is 3. The van der Waals surface area contributed by atoms with Gasteiger partial charge in [0.15, 0.2) is 0 Å². The molecule has 1 N–H and O–H groups in total. The van der Waals surface area contributed by atoms with Crippen LogP contribution < -0.4 is 5.32 Å². The van der Waals surface area contributed by atoms with Gasteiger partial charge in [-0.3, -0.25) is 14.6 Å². The number of nitrogens with zero attached hydrogens (tertiary/aromatic N) is 2. The van der Waals surface area contributed by atoms with Crippen LogP contribution in [0.15, 0.2) is 36.5 Å². The standard InChI is InChI=1S/C22H27N3O2/c1-4-18-10-5-6-13-25(18)22(27)19-14-17(11-12-23-19)21(26)24-20-15(2)8-7-9-16(20)3/h7-9,11-12,14,18H,4-6,10,13H2,1-3H3,(H,24,26). The molecule has 0 radical (unpaired) electrons. The minimum Gasteiger partial charge on any atom is -0.334 e. The molecule has 1 aliphatic rings. The molecule has 2 aromatic rings. The van der Waals surface area contributed by atoms with Crippen molar-refractivity contribution in [3.63, 3.8) is 0 Å². The molecule has 0 saturated carbocycles. The van der Waals surface area contributed by atoms with E-state index in [1.807, 2.05) is 36.9 Å². The van der Waals surface area contributed by atoms with Crippen molar-refractivity contribution in [1.29, 1.82) is 0 Å². The van der Waals surface area contributed by atoms with Crippen molar-refractivity contribution >= 4 is 17.5 Å². The summed E-state index contributed by atoms with van der Waals surface area (Å²) in [5, 5.41) is 2.97. The molecular formula is C22H27N3O2. The van der Waals surface area contributed by atoms with Gasteiger partial charge in [0, 0.05) is 30.0 Å². The molecular weight excluding hydrogens is 338 g/mol. The van der Waals surface area contributed by atoms with Crippen LogP contribution >= 0.6 is 0 Å². The summed E-state index contributed by atoms with van der Waals surface area (Å²) in [4.78, 5) is 31.8. The van der Waals surface area contributed by atoms with Crippen molar-refractivity contribution in [1.82, 2.24) is 9.88 Å². The van der Waals surface area contributed by atoms with Crippen LogP contribution in [0.2, 0.25) is 0 Å². The van der Waals surface area contributed by atoms with Gasteiger partial charge in [-0.05, 0) is 62.8 Å². The van der Waals surface area contributed by atoms with Gasteiger partial charge >= 0.3 is 0 Å². The first-order valence-corrected chi connectivity index (χ1v) is 9.66. The van der Waals surface area contributed by atoms with Crippen molar-refractivity contribution in [2.24, 2.45) is 0 Å². The second kappa shape index (κ2) is 8.33. The summed E-state index contributed by atoms with van der Waals surface area (Å²) in [6.45, 7) is 6.80. The fraction of sp³-hybridized carbons (Fsp3) is 0.409. The zero-order chi connectivity index (χ0) is 19.4. The Labute approximate surface area is 160 Å². The third-order valence-electron chi connectivity index (χ3n) is 5.32. The van der Waals surface area contributed by atoms with Gasteiger partial charge in [0.05, 0.1) is 0 Å². The molecule has 142 valence electrons. The monoisotopic (exact) mass is 365 g/mol. The Balaban J connectivity index is 1.80. The van der Waals surface area contributed by atoms with Gasteiger partial charge in [0.2, 0.25) is 0 Å². The molecule has 1 aromatic carbocycles. The van der Waals surface area contributed by atoms with E-state index in [1.165, 1.54) is 6.20 Å². The molecule has 1 unspecified atom stereocenters. The number of nitrogens with one attached hydrogen (secondary N) is 1. The molecule has 1 aliphatic heterocycles. The van der Waals surface area contributed by atoms with E-state index in [2.05, 4.69) is 17.2 Å². The minimum atomic E-state index is -0.227. The van der Waals surface area contributed by atoms with Crippen LogP contribution in [0.4, 0.5) is 5.69 Å². The number of aryl methyl sites for hydroxylation is 2. The van der Waals surface area contributed by atoms with E-state index in [4.69, 9.17) is 0 Å². The second-order valence-corrected chi connectivity index (χ2v) is 7.21. The van der Waals surface area contributed by atoms with Crippen molar-refractivity contribution in [3.05, 3.63) is 58.9 Å². The van der Waals surface area contributed by atoms with E-state index in [0.29, 0.717) is 11.3 Å². The molecule has 2 heterocycles. The third-order valence-corrected chi connectivity index (χ3v) is 5.32. The largest absolute Gasteiger partial charge is 0.334 e. The van der Waals surface area contributed by atoms with Crippen LogP contribution in [0.3, 0.4) is 0 Å². The van der Waals surface area contributed by atoms with Gasteiger partial charge in [-0.2, -0.15) is 0 Å². The lowest BCUT2D eigenvalue weighted by atomic mass is 9.99. The topological polar surface area (TPSA) is 62.3 Å². The highest BCUT2D eigenvalue weighted by Gasteiger charge is 2.27. The molecule has 5 nitrogen and oxygen atoms in total. The number of likely N-dealkylation sites (tertiary alicyclic amines) is 1. The lowest BCUT2D eigenvalue weighted by Gasteiger charge is -2.35. The summed E-state index contributed by atoms with van der Waals surface area (Å²) in [7, 11) is 0. The van der Waals surface area contributed by atoms with Crippen molar-refractivity contribution in [2.75, 3.05) is 11.9 Å². The summed E-state index contributed by atoms with van der Waals surface area (Å²) in [6, 6.07) is 9.41. The molecule has 3 rings (SSSR count).